The normalized spacial score (nSPS) is 9.90. The molecular formula is C14H8F3NO2S. The molecule has 0 fully saturated rings. The van der Waals surface area contributed by atoms with Crippen molar-refractivity contribution in [1.29, 1.82) is 0 Å². The van der Waals surface area contributed by atoms with E-state index in [0.29, 0.717) is 17.0 Å². The largest absolute Gasteiger partial charge is 0.384 e. The van der Waals surface area contributed by atoms with Crippen LogP contribution in [0.1, 0.15) is 14.5 Å². The number of nitrogens with one attached hydrogen (secondary N) is 1. The van der Waals surface area contributed by atoms with Gasteiger partial charge in [0.15, 0.2) is 11.6 Å². The van der Waals surface area contributed by atoms with E-state index in [1.165, 1.54) is 6.07 Å². The van der Waals surface area contributed by atoms with E-state index in [0.717, 1.165) is 11.3 Å². The molecule has 0 aliphatic carbocycles. The molecule has 2 rings (SSSR count). The fraction of sp³-hybridized carbons (Fsp3) is 0.0714. The standard InChI is InChI=1S/C14H8F3NO2S/c15-9-6-11(17)12(7-10(9)16)18-14(20)13-4-3-8(21-13)2-1-5-19/h3-4,6-7,19H,5H2,(H,18,20). The molecule has 0 spiro atoms. The van der Waals surface area contributed by atoms with Crippen LogP contribution in [0.2, 0.25) is 0 Å². The Morgan fingerprint density at radius 3 is 2.62 bits per heavy atom. The van der Waals surface area contributed by atoms with Crippen molar-refractivity contribution < 1.29 is 23.1 Å². The van der Waals surface area contributed by atoms with Crippen LogP contribution in [0, 0.1) is 29.3 Å². The zero-order valence-electron chi connectivity index (χ0n) is 10.4. The van der Waals surface area contributed by atoms with Crippen molar-refractivity contribution in [1.82, 2.24) is 0 Å². The third-order valence-electron chi connectivity index (χ3n) is 2.38. The second-order valence-corrected chi connectivity index (χ2v) is 4.91. The molecular weight excluding hydrogens is 303 g/mol. The van der Waals surface area contributed by atoms with Crippen LogP contribution in [0.25, 0.3) is 0 Å². The van der Waals surface area contributed by atoms with Crippen LogP contribution < -0.4 is 5.32 Å². The van der Waals surface area contributed by atoms with Gasteiger partial charge in [-0.05, 0) is 12.1 Å². The number of anilines is 1. The lowest BCUT2D eigenvalue weighted by atomic mass is 10.2. The Morgan fingerprint density at radius 1 is 1.19 bits per heavy atom. The average Bonchev–Trinajstić information content (AvgIpc) is 2.91. The van der Waals surface area contributed by atoms with Crippen LogP contribution in [0.15, 0.2) is 24.3 Å². The number of rotatable bonds is 2. The first-order valence-corrected chi connectivity index (χ1v) is 6.48. The highest BCUT2D eigenvalue weighted by molar-refractivity contribution is 7.14. The van der Waals surface area contributed by atoms with Gasteiger partial charge in [0, 0.05) is 12.1 Å². The molecule has 1 aromatic heterocycles. The second kappa shape index (κ2) is 6.43. The van der Waals surface area contributed by atoms with Crippen LogP contribution in [0.5, 0.6) is 0 Å². The van der Waals surface area contributed by atoms with E-state index in [1.54, 1.807) is 6.07 Å². The van der Waals surface area contributed by atoms with Gasteiger partial charge in [0.2, 0.25) is 0 Å². The van der Waals surface area contributed by atoms with Crippen molar-refractivity contribution in [2.75, 3.05) is 11.9 Å². The molecule has 2 N–H and O–H groups in total. The number of hydrogen-bond acceptors (Lipinski definition) is 3. The van der Waals surface area contributed by atoms with Crippen molar-refractivity contribution in [3.63, 3.8) is 0 Å². The first-order chi connectivity index (χ1) is 10.0. The van der Waals surface area contributed by atoms with E-state index < -0.39 is 29.0 Å². The summed E-state index contributed by atoms with van der Waals surface area (Å²) in [6.45, 7) is -0.306. The summed E-state index contributed by atoms with van der Waals surface area (Å²) in [5.74, 6) is 0.716. The Bertz CT molecular complexity index is 746. The Balaban J connectivity index is 2.18. The summed E-state index contributed by atoms with van der Waals surface area (Å²) in [4.78, 5) is 12.6. The molecule has 108 valence electrons. The van der Waals surface area contributed by atoms with Crippen molar-refractivity contribution in [3.8, 4) is 11.8 Å². The topological polar surface area (TPSA) is 49.3 Å². The Kier molecular flexibility index (Phi) is 4.62. The van der Waals surface area contributed by atoms with Gasteiger partial charge in [-0.1, -0.05) is 11.8 Å². The zero-order chi connectivity index (χ0) is 15.4. The van der Waals surface area contributed by atoms with Crippen molar-refractivity contribution >= 4 is 22.9 Å². The summed E-state index contributed by atoms with van der Waals surface area (Å²) in [7, 11) is 0. The SMILES string of the molecule is O=C(Nc1cc(F)c(F)cc1F)c1ccc(C#CCO)s1. The predicted molar refractivity (Wildman–Crippen MR) is 72.6 cm³/mol. The molecule has 1 heterocycles. The number of thiophene rings is 1. The fourth-order valence-electron chi connectivity index (χ4n) is 1.46. The number of carbonyl (C=O) groups excluding carboxylic acids is 1. The minimum Gasteiger partial charge on any atom is -0.384 e. The Hall–Kier alpha value is -2.30. The predicted octanol–water partition coefficient (Wildman–Crippen LogP) is 2.76. The van der Waals surface area contributed by atoms with Crippen LogP contribution >= 0.6 is 11.3 Å². The monoisotopic (exact) mass is 311 g/mol. The molecule has 0 saturated heterocycles. The van der Waals surface area contributed by atoms with E-state index in [1.807, 2.05) is 0 Å². The molecule has 21 heavy (non-hydrogen) atoms. The van der Waals surface area contributed by atoms with Gasteiger partial charge < -0.3 is 10.4 Å². The van der Waals surface area contributed by atoms with Crippen LogP contribution in [0.3, 0.4) is 0 Å². The molecule has 0 unspecified atom stereocenters. The second-order valence-electron chi connectivity index (χ2n) is 3.82. The number of carbonyl (C=O) groups is 1. The number of benzene rings is 1. The lowest BCUT2D eigenvalue weighted by Crippen LogP contribution is -2.12. The molecule has 3 nitrogen and oxygen atoms in total. The molecule has 0 atom stereocenters. The van der Waals surface area contributed by atoms with Gasteiger partial charge in [0.1, 0.15) is 12.4 Å². The molecule has 0 bridgehead atoms. The molecule has 2 aromatic rings. The van der Waals surface area contributed by atoms with Gasteiger partial charge in [-0.3, -0.25) is 4.79 Å². The van der Waals surface area contributed by atoms with Crippen molar-refractivity contribution in [3.05, 3.63) is 51.5 Å². The molecule has 0 aliphatic rings. The fourth-order valence-corrected chi connectivity index (χ4v) is 2.23. The van der Waals surface area contributed by atoms with Crippen LogP contribution in [-0.2, 0) is 0 Å². The van der Waals surface area contributed by atoms with Crippen LogP contribution in [-0.4, -0.2) is 17.6 Å². The van der Waals surface area contributed by atoms with E-state index in [4.69, 9.17) is 5.11 Å². The van der Waals surface area contributed by atoms with Gasteiger partial charge in [0.05, 0.1) is 15.4 Å². The molecule has 0 saturated carbocycles. The molecule has 7 heteroatoms. The van der Waals surface area contributed by atoms with Crippen molar-refractivity contribution in [2.45, 2.75) is 0 Å². The van der Waals surface area contributed by atoms with Crippen LogP contribution in [0.4, 0.5) is 18.9 Å². The number of aliphatic hydroxyl groups excluding tert-OH is 1. The summed E-state index contributed by atoms with van der Waals surface area (Å²) >= 11 is 1.03. The number of amides is 1. The van der Waals surface area contributed by atoms with Gasteiger partial charge in [-0.15, -0.1) is 11.3 Å². The molecule has 1 amide bonds. The van der Waals surface area contributed by atoms with Crippen molar-refractivity contribution in [2.24, 2.45) is 0 Å². The highest BCUT2D eigenvalue weighted by Crippen LogP contribution is 2.21. The number of halogens is 3. The minimum atomic E-state index is -1.33. The molecule has 1 aromatic carbocycles. The minimum absolute atomic E-state index is 0.223. The summed E-state index contributed by atoms with van der Waals surface area (Å²) in [5, 5.41) is 10.7. The first-order valence-electron chi connectivity index (χ1n) is 5.66. The summed E-state index contributed by atoms with van der Waals surface area (Å²) in [6, 6.07) is 3.95. The smallest absolute Gasteiger partial charge is 0.265 e. The van der Waals surface area contributed by atoms with E-state index >= 15 is 0 Å². The summed E-state index contributed by atoms with van der Waals surface area (Å²) < 4.78 is 39.2. The lowest BCUT2D eigenvalue weighted by molar-refractivity contribution is 0.103. The quantitative estimate of drug-likeness (QED) is 0.662. The molecule has 0 radical (unpaired) electrons. The highest BCUT2D eigenvalue weighted by atomic mass is 32.1. The Morgan fingerprint density at radius 2 is 1.90 bits per heavy atom. The summed E-state index contributed by atoms with van der Waals surface area (Å²) in [5.41, 5.74) is -0.449. The maximum atomic E-state index is 13.4. The van der Waals surface area contributed by atoms with E-state index in [9.17, 15) is 18.0 Å². The third-order valence-corrected chi connectivity index (χ3v) is 3.38. The van der Waals surface area contributed by atoms with Gasteiger partial charge in [-0.2, -0.15) is 0 Å². The van der Waals surface area contributed by atoms with Gasteiger partial charge in [-0.25, -0.2) is 13.2 Å². The van der Waals surface area contributed by atoms with E-state index in [2.05, 4.69) is 17.2 Å². The van der Waals surface area contributed by atoms with E-state index in [-0.39, 0.29) is 11.5 Å². The average molecular weight is 311 g/mol. The van der Waals surface area contributed by atoms with Gasteiger partial charge >= 0.3 is 0 Å². The third kappa shape index (κ3) is 3.62. The lowest BCUT2D eigenvalue weighted by Gasteiger charge is -2.05. The highest BCUT2D eigenvalue weighted by Gasteiger charge is 2.14. The number of hydrogen-bond donors (Lipinski definition) is 2. The van der Waals surface area contributed by atoms with Gasteiger partial charge in [0.25, 0.3) is 5.91 Å². The first kappa shape index (κ1) is 15.1. The summed E-state index contributed by atoms with van der Waals surface area (Å²) in [6.07, 6.45) is 0. The Labute approximate surface area is 122 Å². The maximum absolute atomic E-state index is 13.4. The maximum Gasteiger partial charge on any atom is 0.265 e. The zero-order valence-corrected chi connectivity index (χ0v) is 11.2. The molecule has 0 aliphatic heterocycles. The number of aliphatic hydroxyl groups is 1.